The predicted octanol–water partition coefficient (Wildman–Crippen LogP) is 2.61. The Labute approximate surface area is 111 Å². The van der Waals surface area contributed by atoms with E-state index in [1.54, 1.807) is 6.26 Å². The van der Waals surface area contributed by atoms with Crippen LogP contribution in [0.2, 0.25) is 0 Å². The summed E-state index contributed by atoms with van der Waals surface area (Å²) in [5, 5.41) is 0. The van der Waals surface area contributed by atoms with E-state index in [2.05, 4.69) is 13.0 Å². The van der Waals surface area contributed by atoms with Crippen molar-refractivity contribution in [1.29, 1.82) is 0 Å². The number of aryl methyl sites for hydroxylation is 1. The molecule has 2 fully saturated rings. The maximum absolute atomic E-state index is 12.1. The molecule has 0 N–H and O–H groups in total. The van der Waals surface area contributed by atoms with Gasteiger partial charge in [0.05, 0.1) is 6.26 Å². The van der Waals surface area contributed by atoms with Crippen molar-refractivity contribution in [1.82, 2.24) is 0 Å². The Morgan fingerprint density at radius 2 is 2.21 bits per heavy atom. The lowest BCUT2D eigenvalue weighted by molar-refractivity contribution is -0.154. The minimum atomic E-state index is -0.681. The molecule has 1 aromatic rings. The van der Waals surface area contributed by atoms with Crippen molar-refractivity contribution in [3.63, 3.8) is 0 Å². The molecule has 3 atom stereocenters. The quantitative estimate of drug-likeness (QED) is 0.409. The van der Waals surface area contributed by atoms with Crippen LogP contribution in [0.3, 0.4) is 0 Å². The lowest BCUT2D eigenvalue weighted by atomic mass is 9.91. The summed E-state index contributed by atoms with van der Waals surface area (Å²) in [6, 6.07) is 0. The predicted molar refractivity (Wildman–Crippen MR) is 66.6 cm³/mol. The van der Waals surface area contributed by atoms with Gasteiger partial charge in [0, 0.05) is 12.0 Å². The van der Waals surface area contributed by atoms with Gasteiger partial charge in [-0.05, 0) is 32.3 Å². The standard InChI is InChI=1S/C15H16O4/c1-8-4-3-5-15-13(19-15)12(18-14(15)16)11-9(2)7-17-10(11)6-8/h4,7,12-13H,3,5-6H2,1-2H3/b8-4+. The molecule has 4 nitrogen and oxygen atoms in total. The minimum absolute atomic E-state index is 0.123. The van der Waals surface area contributed by atoms with E-state index < -0.39 is 5.60 Å². The van der Waals surface area contributed by atoms with E-state index in [1.807, 2.05) is 6.92 Å². The number of hydrogen-bond donors (Lipinski definition) is 0. The number of epoxide rings is 1. The van der Waals surface area contributed by atoms with Gasteiger partial charge < -0.3 is 13.9 Å². The van der Waals surface area contributed by atoms with Crippen molar-refractivity contribution >= 4 is 5.97 Å². The third-order valence-corrected chi connectivity index (χ3v) is 4.43. The van der Waals surface area contributed by atoms with Crippen LogP contribution >= 0.6 is 0 Å². The summed E-state index contributed by atoms with van der Waals surface area (Å²) in [5.41, 5.74) is 2.62. The van der Waals surface area contributed by atoms with Crippen LogP contribution in [0.15, 0.2) is 22.3 Å². The van der Waals surface area contributed by atoms with E-state index in [1.165, 1.54) is 5.57 Å². The summed E-state index contributed by atoms with van der Waals surface area (Å²) in [7, 11) is 0. The number of esters is 1. The van der Waals surface area contributed by atoms with Gasteiger partial charge in [-0.1, -0.05) is 11.6 Å². The second-order valence-corrected chi connectivity index (χ2v) is 5.78. The summed E-state index contributed by atoms with van der Waals surface area (Å²) in [6.07, 6.45) is 5.84. The fourth-order valence-electron chi connectivity index (χ4n) is 3.34. The molecular formula is C15H16O4. The van der Waals surface area contributed by atoms with Gasteiger partial charge in [0.25, 0.3) is 0 Å². The van der Waals surface area contributed by atoms with Crippen LogP contribution in [0, 0.1) is 6.92 Å². The Morgan fingerprint density at radius 1 is 1.37 bits per heavy atom. The molecular weight excluding hydrogens is 244 g/mol. The third-order valence-electron chi connectivity index (χ3n) is 4.43. The Morgan fingerprint density at radius 3 is 3.00 bits per heavy atom. The van der Waals surface area contributed by atoms with Crippen LogP contribution in [0.5, 0.6) is 0 Å². The molecule has 0 radical (unpaired) electrons. The minimum Gasteiger partial charge on any atom is -0.468 e. The number of hydrogen-bond acceptors (Lipinski definition) is 4. The van der Waals surface area contributed by atoms with Crippen LogP contribution in [0.4, 0.5) is 0 Å². The number of ether oxygens (including phenoxy) is 2. The van der Waals surface area contributed by atoms with E-state index in [0.29, 0.717) is 0 Å². The summed E-state index contributed by atoms with van der Waals surface area (Å²) in [5.74, 6) is 0.694. The summed E-state index contributed by atoms with van der Waals surface area (Å²) in [6.45, 7) is 4.08. The Bertz CT molecular complexity index is 597. The number of carbonyl (C=O) groups excluding carboxylic acids is 1. The second-order valence-electron chi connectivity index (χ2n) is 5.78. The molecule has 2 aliphatic heterocycles. The number of furan rings is 1. The fraction of sp³-hybridized carbons (Fsp3) is 0.533. The van der Waals surface area contributed by atoms with Crippen LogP contribution in [0.1, 0.15) is 42.8 Å². The first-order chi connectivity index (χ1) is 9.12. The van der Waals surface area contributed by atoms with Crippen molar-refractivity contribution in [3.8, 4) is 0 Å². The van der Waals surface area contributed by atoms with Gasteiger partial charge in [-0.2, -0.15) is 0 Å². The van der Waals surface area contributed by atoms with E-state index in [9.17, 15) is 4.79 Å². The lowest BCUT2D eigenvalue weighted by Crippen LogP contribution is -2.22. The molecule has 100 valence electrons. The zero-order valence-corrected chi connectivity index (χ0v) is 11.1. The van der Waals surface area contributed by atoms with Crippen molar-refractivity contribution < 1.29 is 18.7 Å². The first-order valence-electron chi connectivity index (χ1n) is 6.73. The molecule has 3 unspecified atom stereocenters. The Kier molecular flexibility index (Phi) is 2.09. The van der Waals surface area contributed by atoms with Gasteiger partial charge in [0.1, 0.15) is 11.9 Å². The Hall–Kier alpha value is -1.55. The largest absolute Gasteiger partial charge is 0.468 e. The molecule has 3 heterocycles. The van der Waals surface area contributed by atoms with Gasteiger partial charge in [0.2, 0.25) is 0 Å². The van der Waals surface area contributed by atoms with E-state index >= 15 is 0 Å². The van der Waals surface area contributed by atoms with Gasteiger partial charge in [-0.3, -0.25) is 0 Å². The SMILES string of the molecule is C/C1=C\CCC23OC2C(OC3=O)c2c(C)coc2C1. The van der Waals surface area contributed by atoms with E-state index in [4.69, 9.17) is 13.9 Å². The molecule has 2 bridgehead atoms. The molecule has 3 aliphatic rings. The summed E-state index contributed by atoms with van der Waals surface area (Å²) < 4.78 is 16.9. The van der Waals surface area contributed by atoms with Crippen LogP contribution < -0.4 is 0 Å². The smallest absolute Gasteiger partial charge is 0.342 e. The molecule has 19 heavy (non-hydrogen) atoms. The topological polar surface area (TPSA) is 52.0 Å². The summed E-state index contributed by atoms with van der Waals surface area (Å²) in [4.78, 5) is 12.1. The normalized spacial score (nSPS) is 38.8. The zero-order chi connectivity index (χ0) is 13.2. The average Bonchev–Trinajstić information content (AvgIpc) is 2.91. The van der Waals surface area contributed by atoms with Crippen LogP contribution in [0.25, 0.3) is 0 Å². The molecule has 4 rings (SSSR count). The third kappa shape index (κ3) is 1.40. The zero-order valence-electron chi connectivity index (χ0n) is 11.1. The van der Waals surface area contributed by atoms with E-state index in [-0.39, 0.29) is 18.2 Å². The second kappa shape index (κ2) is 3.51. The van der Waals surface area contributed by atoms with Crippen molar-refractivity contribution in [2.24, 2.45) is 0 Å². The number of allylic oxidation sites excluding steroid dienone is 2. The van der Waals surface area contributed by atoms with Crippen LogP contribution in [-0.4, -0.2) is 17.7 Å². The highest BCUT2D eigenvalue weighted by atomic mass is 16.7. The highest BCUT2D eigenvalue weighted by Crippen LogP contribution is 2.57. The average molecular weight is 260 g/mol. The van der Waals surface area contributed by atoms with Gasteiger partial charge in [0.15, 0.2) is 11.7 Å². The molecule has 0 saturated carbocycles. The first-order valence-corrected chi connectivity index (χ1v) is 6.73. The van der Waals surface area contributed by atoms with Gasteiger partial charge >= 0.3 is 5.97 Å². The van der Waals surface area contributed by atoms with Crippen molar-refractivity contribution in [2.75, 3.05) is 0 Å². The number of fused-ring (bicyclic) bond motifs is 2. The maximum Gasteiger partial charge on any atom is 0.342 e. The van der Waals surface area contributed by atoms with Crippen LogP contribution in [-0.2, 0) is 20.7 Å². The first kappa shape index (κ1) is 11.3. The number of carbonyl (C=O) groups is 1. The molecule has 1 aromatic heterocycles. The molecule has 0 spiro atoms. The molecule has 0 aromatic carbocycles. The number of rotatable bonds is 0. The summed E-state index contributed by atoms with van der Waals surface area (Å²) >= 11 is 0. The highest BCUT2D eigenvalue weighted by molar-refractivity contribution is 5.87. The fourth-order valence-corrected chi connectivity index (χ4v) is 3.34. The molecule has 4 heteroatoms. The van der Waals surface area contributed by atoms with Crippen molar-refractivity contribution in [3.05, 3.63) is 34.8 Å². The van der Waals surface area contributed by atoms with Gasteiger partial charge in [-0.25, -0.2) is 4.79 Å². The molecule has 2 saturated heterocycles. The maximum atomic E-state index is 12.1. The van der Waals surface area contributed by atoms with Crippen molar-refractivity contribution in [2.45, 2.75) is 50.9 Å². The molecule has 0 amide bonds. The Balaban J connectivity index is 1.85. The van der Waals surface area contributed by atoms with E-state index in [0.717, 1.165) is 36.1 Å². The van der Waals surface area contributed by atoms with Gasteiger partial charge in [-0.15, -0.1) is 0 Å². The lowest BCUT2D eigenvalue weighted by Gasteiger charge is -2.13. The highest BCUT2D eigenvalue weighted by Gasteiger charge is 2.73. The molecule has 1 aliphatic carbocycles. The monoisotopic (exact) mass is 260 g/mol.